The maximum absolute atomic E-state index is 13.7. The van der Waals surface area contributed by atoms with Gasteiger partial charge < -0.3 is 20.1 Å². The Balaban J connectivity index is 2.05. The minimum atomic E-state index is -0.331. The molecule has 2 rings (SSSR count). The largest absolute Gasteiger partial charge is 0.494 e. The zero-order chi connectivity index (χ0) is 13.7. The van der Waals surface area contributed by atoms with Crippen molar-refractivity contribution in [1.82, 2.24) is 10.6 Å². The summed E-state index contributed by atoms with van der Waals surface area (Å²) in [4.78, 5) is 0. The van der Waals surface area contributed by atoms with Gasteiger partial charge in [0.1, 0.15) is 0 Å². The third-order valence-corrected chi connectivity index (χ3v) is 3.43. The Kier molecular flexibility index (Phi) is 5.13. The van der Waals surface area contributed by atoms with Gasteiger partial charge in [-0.15, -0.1) is 0 Å². The smallest absolute Gasteiger partial charge is 0.165 e. The van der Waals surface area contributed by atoms with E-state index in [9.17, 15) is 4.39 Å². The van der Waals surface area contributed by atoms with E-state index in [2.05, 4.69) is 10.6 Å². The summed E-state index contributed by atoms with van der Waals surface area (Å²) in [5.74, 6) is -0.0582. The van der Waals surface area contributed by atoms with Gasteiger partial charge in [0.25, 0.3) is 0 Å². The van der Waals surface area contributed by atoms with Crippen LogP contribution >= 0.6 is 0 Å². The van der Waals surface area contributed by atoms with Crippen LogP contribution in [0.1, 0.15) is 18.0 Å². The Morgan fingerprint density at radius 3 is 3.00 bits per heavy atom. The van der Waals surface area contributed by atoms with Crippen LogP contribution in [0.15, 0.2) is 18.2 Å². The van der Waals surface area contributed by atoms with Crippen molar-refractivity contribution in [3.05, 3.63) is 29.6 Å². The summed E-state index contributed by atoms with van der Waals surface area (Å²) in [6.07, 6.45) is 0.978. The van der Waals surface area contributed by atoms with Gasteiger partial charge in [0, 0.05) is 19.1 Å². The summed E-state index contributed by atoms with van der Waals surface area (Å²) in [5.41, 5.74) is 0.912. The van der Waals surface area contributed by atoms with Gasteiger partial charge in [-0.05, 0) is 31.2 Å². The Morgan fingerprint density at radius 2 is 2.42 bits per heavy atom. The number of benzene rings is 1. The van der Waals surface area contributed by atoms with Gasteiger partial charge in [-0.2, -0.15) is 0 Å². The van der Waals surface area contributed by atoms with Crippen molar-refractivity contribution in [2.75, 3.05) is 33.9 Å². The first-order valence-corrected chi connectivity index (χ1v) is 6.57. The molecule has 2 N–H and O–H groups in total. The maximum Gasteiger partial charge on any atom is 0.165 e. The molecule has 1 aliphatic rings. The average Bonchev–Trinajstić information content (AvgIpc) is 2.46. The summed E-state index contributed by atoms with van der Waals surface area (Å²) in [6, 6.07) is 5.15. The van der Waals surface area contributed by atoms with Crippen LogP contribution in [0.25, 0.3) is 0 Å². The van der Waals surface area contributed by atoms with E-state index >= 15 is 0 Å². The summed E-state index contributed by atoms with van der Waals surface area (Å²) < 4.78 is 24.3. The Morgan fingerprint density at radius 1 is 1.58 bits per heavy atom. The third-order valence-electron chi connectivity index (χ3n) is 3.43. The van der Waals surface area contributed by atoms with Crippen LogP contribution in [-0.4, -0.2) is 40.0 Å². The fraction of sp³-hybridized carbons (Fsp3) is 0.571. The van der Waals surface area contributed by atoms with E-state index in [1.807, 2.05) is 13.1 Å². The number of nitrogens with one attached hydrogen (secondary N) is 2. The highest BCUT2D eigenvalue weighted by atomic mass is 19.1. The first-order valence-electron chi connectivity index (χ1n) is 6.57. The van der Waals surface area contributed by atoms with Crippen LogP contribution in [0.2, 0.25) is 0 Å². The normalized spacial score (nSPS) is 21.1. The van der Waals surface area contributed by atoms with E-state index in [1.165, 1.54) is 13.2 Å². The lowest BCUT2D eigenvalue weighted by Crippen LogP contribution is -2.40. The number of hydrogen-bond donors (Lipinski definition) is 2. The summed E-state index contributed by atoms with van der Waals surface area (Å²) in [7, 11) is 3.35. The molecule has 1 aromatic carbocycles. The molecule has 0 amide bonds. The number of rotatable bonds is 5. The van der Waals surface area contributed by atoms with Gasteiger partial charge in [0.05, 0.1) is 19.8 Å². The summed E-state index contributed by atoms with van der Waals surface area (Å²) in [6.45, 7) is 2.48. The van der Waals surface area contributed by atoms with Crippen LogP contribution in [-0.2, 0) is 4.74 Å². The number of halogens is 1. The van der Waals surface area contributed by atoms with Crippen molar-refractivity contribution in [3.8, 4) is 5.75 Å². The van der Waals surface area contributed by atoms with Gasteiger partial charge in [-0.1, -0.05) is 6.07 Å². The number of morpholine rings is 1. The van der Waals surface area contributed by atoms with Crippen molar-refractivity contribution >= 4 is 0 Å². The SMILES string of the molecule is CNC(CC1CNCCO1)c1ccc(OC)c(F)c1. The van der Waals surface area contributed by atoms with Gasteiger partial charge in [-0.25, -0.2) is 4.39 Å². The first-order chi connectivity index (χ1) is 9.24. The molecule has 2 unspecified atom stereocenters. The molecule has 1 aliphatic heterocycles. The molecule has 0 radical (unpaired) electrons. The minimum Gasteiger partial charge on any atom is -0.494 e. The van der Waals surface area contributed by atoms with E-state index in [-0.39, 0.29) is 23.7 Å². The van der Waals surface area contributed by atoms with Crippen LogP contribution in [0.4, 0.5) is 4.39 Å². The van der Waals surface area contributed by atoms with Gasteiger partial charge in [0.2, 0.25) is 0 Å². The zero-order valence-electron chi connectivity index (χ0n) is 11.4. The molecule has 19 heavy (non-hydrogen) atoms. The molecule has 0 aliphatic carbocycles. The lowest BCUT2D eigenvalue weighted by atomic mass is 10.00. The molecule has 0 saturated carbocycles. The van der Waals surface area contributed by atoms with Crippen molar-refractivity contribution in [2.24, 2.45) is 0 Å². The molecule has 4 nitrogen and oxygen atoms in total. The molecule has 0 bridgehead atoms. The molecule has 1 aromatic rings. The number of hydrogen-bond acceptors (Lipinski definition) is 4. The molecule has 2 atom stereocenters. The molecule has 106 valence electrons. The topological polar surface area (TPSA) is 42.5 Å². The third kappa shape index (κ3) is 3.65. The molecule has 1 fully saturated rings. The minimum absolute atomic E-state index is 0.0744. The van der Waals surface area contributed by atoms with Gasteiger partial charge in [0.15, 0.2) is 11.6 Å². The summed E-state index contributed by atoms with van der Waals surface area (Å²) >= 11 is 0. The molecule has 0 aromatic heterocycles. The van der Waals surface area contributed by atoms with E-state index in [1.54, 1.807) is 6.07 Å². The van der Waals surface area contributed by atoms with Crippen LogP contribution in [0.3, 0.4) is 0 Å². The Bertz CT molecular complexity index is 408. The fourth-order valence-electron chi connectivity index (χ4n) is 2.35. The van der Waals surface area contributed by atoms with Crippen LogP contribution in [0, 0.1) is 5.82 Å². The van der Waals surface area contributed by atoms with Crippen LogP contribution < -0.4 is 15.4 Å². The van der Waals surface area contributed by atoms with E-state index in [4.69, 9.17) is 9.47 Å². The van der Waals surface area contributed by atoms with Crippen molar-refractivity contribution < 1.29 is 13.9 Å². The molecule has 5 heteroatoms. The fourth-order valence-corrected chi connectivity index (χ4v) is 2.35. The van der Waals surface area contributed by atoms with Gasteiger partial charge in [-0.3, -0.25) is 0 Å². The van der Waals surface area contributed by atoms with E-state index < -0.39 is 0 Å². The molecule has 1 heterocycles. The highest BCUT2D eigenvalue weighted by Gasteiger charge is 2.20. The molecular weight excluding hydrogens is 247 g/mol. The second kappa shape index (κ2) is 6.84. The lowest BCUT2D eigenvalue weighted by Gasteiger charge is -2.27. The standard InChI is InChI=1S/C14H21FN2O2/c1-16-13(8-11-9-17-5-6-19-11)10-3-4-14(18-2)12(15)7-10/h3-4,7,11,13,16-17H,5-6,8-9H2,1-2H3. The van der Waals surface area contributed by atoms with Gasteiger partial charge >= 0.3 is 0 Å². The lowest BCUT2D eigenvalue weighted by molar-refractivity contribution is 0.0176. The number of methoxy groups -OCH3 is 1. The highest BCUT2D eigenvalue weighted by Crippen LogP contribution is 2.25. The van der Waals surface area contributed by atoms with E-state index in [0.717, 1.165) is 31.7 Å². The Labute approximate surface area is 113 Å². The quantitative estimate of drug-likeness (QED) is 0.849. The van der Waals surface area contributed by atoms with Crippen molar-refractivity contribution in [3.63, 3.8) is 0 Å². The molecule has 0 spiro atoms. The molecule has 1 saturated heterocycles. The number of ether oxygens (including phenoxy) is 2. The summed E-state index contributed by atoms with van der Waals surface area (Å²) in [5, 5.41) is 6.51. The Hall–Kier alpha value is -1.17. The van der Waals surface area contributed by atoms with Crippen molar-refractivity contribution in [2.45, 2.75) is 18.6 Å². The van der Waals surface area contributed by atoms with Crippen molar-refractivity contribution in [1.29, 1.82) is 0 Å². The predicted molar refractivity (Wildman–Crippen MR) is 72.0 cm³/mol. The molecular formula is C14H21FN2O2. The average molecular weight is 268 g/mol. The second-order valence-corrected chi connectivity index (χ2v) is 4.67. The predicted octanol–water partition coefficient (Wildman–Crippen LogP) is 1.47. The highest BCUT2D eigenvalue weighted by molar-refractivity contribution is 5.31. The zero-order valence-corrected chi connectivity index (χ0v) is 11.4. The monoisotopic (exact) mass is 268 g/mol. The first kappa shape index (κ1) is 14.2. The van der Waals surface area contributed by atoms with Crippen LogP contribution in [0.5, 0.6) is 5.75 Å². The second-order valence-electron chi connectivity index (χ2n) is 4.67. The van der Waals surface area contributed by atoms with E-state index in [0.29, 0.717) is 0 Å². The maximum atomic E-state index is 13.7.